The van der Waals surface area contributed by atoms with Crippen LogP contribution in [0, 0.1) is 5.92 Å². The molecule has 1 aromatic carbocycles. The SMILES string of the molecule is COC(=O)N[C@H](C(=O)N1CCC[C@H]1C1=NC=C(c2ccc(-n3cc(C(N)=O)nn3)cc2)C1)C(C)C. The molecule has 3 amide bonds. The maximum atomic E-state index is 13.3. The average molecular weight is 480 g/mol. The van der Waals surface area contributed by atoms with Gasteiger partial charge in [0, 0.05) is 24.9 Å². The fourth-order valence-corrected chi connectivity index (χ4v) is 4.41. The summed E-state index contributed by atoms with van der Waals surface area (Å²) in [6.45, 7) is 4.42. The summed E-state index contributed by atoms with van der Waals surface area (Å²) < 4.78 is 6.19. The topological polar surface area (TPSA) is 145 Å². The number of likely N-dealkylation sites (tertiary alicyclic amines) is 1. The summed E-state index contributed by atoms with van der Waals surface area (Å²) in [6, 6.07) is 6.92. The number of nitrogens with zero attached hydrogens (tertiary/aromatic N) is 5. The zero-order valence-electron chi connectivity index (χ0n) is 20.0. The molecule has 0 unspecified atom stereocenters. The van der Waals surface area contributed by atoms with E-state index >= 15 is 0 Å². The predicted octanol–water partition coefficient (Wildman–Crippen LogP) is 1.92. The number of nitrogens with two attached hydrogens (primary N) is 1. The van der Waals surface area contributed by atoms with Crippen LogP contribution >= 0.6 is 0 Å². The Balaban J connectivity index is 1.42. The van der Waals surface area contributed by atoms with Gasteiger partial charge >= 0.3 is 6.09 Å². The molecule has 1 saturated heterocycles. The number of amides is 3. The van der Waals surface area contributed by atoms with Gasteiger partial charge in [0.1, 0.15) is 6.04 Å². The Hall–Kier alpha value is -4.02. The van der Waals surface area contributed by atoms with E-state index in [1.807, 2.05) is 49.2 Å². The van der Waals surface area contributed by atoms with Crippen molar-refractivity contribution in [3.8, 4) is 5.69 Å². The lowest BCUT2D eigenvalue weighted by molar-refractivity contribution is -0.134. The fraction of sp³-hybridized carbons (Fsp3) is 0.417. The molecular weight excluding hydrogens is 450 g/mol. The number of aliphatic imine (C=N–C) groups is 1. The Bertz CT molecular complexity index is 1180. The summed E-state index contributed by atoms with van der Waals surface area (Å²) >= 11 is 0. The number of carbonyl (C=O) groups is 3. The molecule has 2 atom stereocenters. The molecule has 0 aliphatic carbocycles. The van der Waals surface area contributed by atoms with Gasteiger partial charge in [-0.05, 0) is 42.0 Å². The van der Waals surface area contributed by atoms with Gasteiger partial charge in [0.15, 0.2) is 5.69 Å². The smallest absolute Gasteiger partial charge is 0.407 e. The van der Waals surface area contributed by atoms with Crippen LogP contribution < -0.4 is 11.1 Å². The molecule has 0 radical (unpaired) electrons. The van der Waals surface area contributed by atoms with E-state index in [1.165, 1.54) is 18.0 Å². The van der Waals surface area contributed by atoms with Gasteiger partial charge in [0.05, 0.1) is 25.0 Å². The van der Waals surface area contributed by atoms with E-state index in [4.69, 9.17) is 10.5 Å². The number of rotatable bonds is 7. The number of carbonyl (C=O) groups excluding carboxylic acids is 3. The van der Waals surface area contributed by atoms with E-state index in [0.717, 1.165) is 35.4 Å². The van der Waals surface area contributed by atoms with E-state index < -0.39 is 18.0 Å². The van der Waals surface area contributed by atoms with E-state index in [2.05, 4.69) is 20.6 Å². The van der Waals surface area contributed by atoms with Crippen molar-refractivity contribution in [1.82, 2.24) is 25.2 Å². The molecule has 4 rings (SSSR count). The predicted molar refractivity (Wildman–Crippen MR) is 129 cm³/mol. The van der Waals surface area contributed by atoms with Gasteiger partial charge in [-0.3, -0.25) is 14.6 Å². The summed E-state index contributed by atoms with van der Waals surface area (Å²) in [5, 5.41) is 10.4. The monoisotopic (exact) mass is 479 g/mol. The number of aromatic nitrogens is 3. The Labute approximate surface area is 203 Å². The zero-order valence-corrected chi connectivity index (χ0v) is 20.0. The van der Waals surface area contributed by atoms with Gasteiger partial charge in [-0.25, -0.2) is 9.48 Å². The Morgan fingerprint density at radius 2 is 1.94 bits per heavy atom. The lowest BCUT2D eigenvalue weighted by Crippen LogP contribution is -2.53. The van der Waals surface area contributed by atoms with Crippen LogP contribution in [0.1, 0.15) is 49.2 Å². The third-order valence-electron chi connectivity index (χ3n) is 6.32. The third kappa shape index (κ3) is 5.08. The molecular formula is C24H29N7O4. The maximum absolute atomic E-state index is 13.3. The quantitative estimate of drug-likeness (QED) is 0.621. The standard InChI is InChI=1S/C24H29N7O4/c1-14(2)21(27-24(34)35-3)23(33)30-10-4-5-20(30)18-11-16(12-26-18)15-6-8-17(9-7-15)31-13-19(22(25)32)28-29-31/h6-9,12-14,20-21H,4-5,10-11H2,1-3H3,(H2,25,32)(H,27,34)/t20-,21-/m0/s1. The number of alkyl carbamates (subject to hydrolysis) is 1. The number of nitrogens with one attached hydrogen (secondary N) is 1. The average Bonchev–Trinajstić information content (AvgIpc) is 3.61. The number of allylic oxidation sites excluding steroid dienone is 1. The van der Waals surface area contributed by atoms with E-state index in [1.54, 1.807) is 0 Å². The Morgan fingerprint density at radius 1 is 1.20 bits per heavy atom. The highest BCUT2D eigenvalue weighted by Crippen LogP contribution is 2.30. The van der Waals surface area contributed by atoms with Gasteiger partial charge in [-0.2, -0.15) is 0 Å². The Kier molecular flexibility index (Phi) is 6.94. The zero-order chi connectivity index (χ0) is 25.1. The second-order valence-corrected chi connectivity index (χ2v) is 8.96. The number of ether oxygens (including phenoxy) is 1. The van der Waals surface area contributed by atoms with Crippen LogP contribution in [0.25, 0.3) is 11.3 Å². The highest BCUT2D eigenvalue weighted by molar-refractivity contribution is 6.03. The molecule has 11 nitrogen and oxygen atoms in total. The van der Waals surface area contributed by atoms with Crippen molar-refractivity contribution in [2.75, 3.05) is 13.7 Å². The van der Waals surface area contributed by atoms with Crippen LogP contribution in [-0.4, -0.2) is 69.3 Å². The molecule has 3 heterocycles. The third-order valence-corrected chi connectivity index (χ3v) is 6.32. The first-order valence-corrected chi connectivity index (χ1v) is 11.5. The van der Waals surface area contributed by atoms with Crippen molar-refractivity contribution in [2.24, 2.45) is 16.6 Å². The van der Waals surface area contributed by atoms with Crippen LogP contribution in [0.4, 0.5) is 4.79 Å². The highest BCUT2D eigenvalue weighted by Gasteiger charge is 2.38. The molecule has 0 saturated carbocycles. The second kappa shape index (κ2) is 10.1. The van der Waals surface area contributed by atoms with E-state index in [0.29, 0.717) is 13.0 Å². The number of hydrogen-bond donors (Lipinski definition) is 2. The summed E-state index contributed by atoms with van der Waals surface area (Å²) in [4.78, 5) is 42.8. The minimum absolute atomic E-state index is 0.0791. The van der Waals surface area contributed by atoms with Gasteiger partial charge in [-0.1, -0.05) is 31.2 Å². The van der Waals surface area contributed by atoms with Gasteiger partial charge < -0.3 is 20.7 Å². The molecule has 11 heteroatoms. The van der Waals surface area contributed by atoms with Gasteiger partial charge in [0.2, 0.25) is 5.91 Å². The van der Waals surface area contributed by atoms with E-state index in [9.17, 15) is 14.4 Å². The van der Waals surface area contributed by atoms with Crippen LogP contribution in [-0.2, 0) is 9.53 Å². The van der Waals surface area contributed by atoms with Crippen LogP contribution in [0.15, 0.2) is 41.7 Å². The van der Waals surface area contributed by atoms with Crippen molar-refractivity contribution in [3.05, 3.63) is 47.9 Å². The molecule has 1 aromatic heterocycles. The molecule has 0 spiro atoms. The maximum Gasteiger partial charge on any atom is 0.407 e. The van der Waals surface area contributed by atoms with Crippen molar-refractivity contribution < 1.29 is 19.1 Å². The summed E-state index contributed by atoms with van der Waals surface area (Å²) in [7, 11) is 1.28. The molecule has 35 heavy (non-hydrogen) atoms. The first-order chi connectivity index (χ1) is 16.8. The van der Waals surface area contributed by atoms with Crippen LogP contribution in [0.5, 0.6) is 0 Å². The molecule has 0 bridgehead atoms. The van der Waals surface area contributed by atoms with Crippen molar-refractivity contribution >= 4 is 29.2 Å². The van der Waals surface area contributed by atoms with Crippen molar-refractivity contribution in [2.45, 2.75) is 45.2 Å². The lowest BCUT2D eigenvalue weighted by atomic mass is 9.97. The van der Waals surface area contributed by atoms with Crippen molar-refractivity contribution in [1.29, 1.82) is 0 Å². The Morgan fingerprint density at radius 3 is 2.57 bits per heavy atom. The molecule has 1 fully saturated rings. The fourth-order valence-electron chi connectivity index (χ4n) is 4.41. The summed E-state index contributed by atoms with van der Waals surface area (Å²) in [6.07, 6.45) is 5.07. The number of hydrogen-bond acceptors (Lipinski definition) is 7. The molecule has 2 aliphatic heterocycles. The first kappa shape index (κ1) is 24.1. The second-order valence-electron chi connectivity index (χ2n) is 8.96. The molecule has 2 aromatic rings. The molecule has 184 valence electrons. The molecule has 2 aliphatic rings. The summed E-state index contributed by atoms with van der Waals surface area (Å²) in [5.74, 6) is -0.824. The van der Waals surface area contributed by atoms with Crippen LogP contribution in [0.2, 0.25) is 0 Å². The normalized spacial score (nSPS) is 18.3. The van der Waals surface area contributed by atoms with Crippen LogP contribution in [0.3, 0.4) is 0 Å². The summed E-state index contributed by atoms with van der Waals surface area (Å²) in [5.41, 5.74) is 9.09. The highest BCUT2D eigenvalue weighted by atomic mass is 16.5. The first-order valence-electron chi connectivity index (χ1n) is 11.5. The number of benzene rings is 1. The number of methoxy groups -OCH3 is 1. The van der Waals surface area contributed by atoms with Crippen molar-refractivity contribution in [3.63, 3.8) is 0 Å². The van der Waals surface area contributed by atoms with Gasteiger partial charge in [-0.15, -0.1) is 5.10 Å². The number of primary amides is 1. The molecule has 3 N–H and O–H groups in total. The van der Waals surface area contributed by atoms with E-state index in [-0.39, 0.29) is 23.6 Å². The largest absolute Gasteiger partial charge is 0.453 e. The minimum Gasteiger partial charge on any atom is -0.453 e. The lowest BCUT2D eigenvalue weighted by Gasteiger charge is -2.31. The minimum atomic E-state index is -0.656. The van der Waals surface area contributed by atoms with Gasteiger partial charge in [0.25, 0.3) is 5.91 Å².